The largest absolute Gasteiger partial charge is 0.416 e. The Morgan fingerprint density at radius 1 is 1.23 bits per heavy atom. The molecule has 1 aromatic carbocycles. The van der Waals surface area contributed by atoms with E-state index in [0.29, 0.717) is 29.4 Å². The summed E-state index contributed by atoms with van der Waals surface area (Å²) in [6.45, 7) is 0.177. The lowest BCUT2D eigenvalue weighted by Gasteiger charge is -2.18. The molecule has 2 heterocycles. The van der Waals surface area contributed by atoms with Crippen molar-refractivity contribution >= 4 is 22.8 Å². The average molecular weight is 509 g/mol. The highest BCUT2D eigenvalue weighted by molar-refractivity contribution is 6.31. The van der Waals surface area contributed by atoms with Crippen molar-refractivity contribution in [1.29, 1.82) is 0 Å². The maximum Gasteiger partial charge on any atom is 0.416 e. The van der Waals surface area contributed by atoms with Crippen LogP contribution < -0.4 is 11.2 Å². The van der Waals surface area contributed by atoms with Crippen LogP contribution in [-0.4, -0.2) is 30.4 Å². The molecule has 1 atom stereocenters. The zero-order chi connectivity index (χ0) is 25.3. The molecule has 0 bridgehead atoms. The maximum absolute atomic E-state index is 13.4. The van der Waals surface area contributed by atoms with Crippen molar-refractivity contribution in [2.75, 3.05) is 6.61 Å². The van der Waals surface area contributed by atoms with Crippen molar-refractivity contribution in [3.05, 3.63) is 85.3 Å². The number of alkyl halides is 3. The van der Waals surface area contributed by atoms with Crippen LogP contribution in [0.15, 0.2) is 57.1 Å². The van der Waals surface area contributed by atoms with E-state index in [1.54, 1.807) is 16.7 Å². The predicted octanol–water partition coefficient (Wildman–Crippen LogP) is 3.59. The summed E-state index contributed by atoms with van der Waals surface area (Å²) in [7, 11) is 1.49. The molecule has 1 unspecified atom stereocenters. The zero-order valence-electron chi connectivity index (χ0n) is 18.9. The molecule has 1 aliphatic carbocycles. The van der Waals surface area contributed by atoms with Crippen molar-refractivity contribution in [3.63, 3.8) is 0 Å². The first-order valence-corrected chi connectivity index (χ1v) is 11.5. The molecule has 0 radical (unpaired) electrons. The van der Waals surface area contributed by atoms with Gasteiger partial charge in [-0.1, -0.05) is 42.0 Å². The first-order chi connectivity index (χ1) is 16.6. The molecule has 0 spiro atoms. The molecule has 186 valence electrons. The molecule has 1 N–H and O–H groups in total. The monoisotopic (exact) mass is 508 g/mol. The Morgan fingerprint density at radius 3 is 2.66 bits per heavy atom. The van der Waals surface area contributed by atoms with Crippen molar-refractivity contribution < 1.29 is 18.3 Å². The Bertz CT molecular complexity index is 1430. The van der Waals surface area contributed by atoms with E-state index in [9.17, 15) is 27.9 Å². The van der Waals surface area contributed by atoms with E-state index in [1.807, 2.05) is 12.2 Å². The summed E-state index contributed by atoms with van der Waals surface area (Å²) in [4.78, 5) is 30.7. The fourth-order valence-corrected chi connectivity index (χ4v) is 4.38. The molecule has 11 heteroatoms. The third-order valence-electron chi connectivity index (χ3n) is 6.03. The van der Waals surface area contributed by atoms with Crippen LogP contribution in [0.5, 0.6) is 0 Å². The lowest BCUT2D eigenvalue weighted by atomic mass is 10.0. The Hall–Kier alpha value is -3.11. The van der Waals surface area contributed by atoms with Crippen LogP contribution >= 0.6 is 11.6 Å². The van der Waals surface area contributed by atoms with Crippen LogP contribution in [0.25, 0.3) is 11.2 Å². The summed E-state index contributed by atoms with van der Waals surface area (Å²) in [6, 6.07) is 4.96. The number of hydrogen-bond donors (Lipinski definition) is 1. The summed E-state index contributed by atoms with van der Waals surface area (Å²) in [5, 5.41) is 9.79. The van der Waals surface area contributed by atoms with Crippen LogP contribution in [0.4, 0.5) is 13.2 Å². The van der Waals surface area contributed by atoms with Gasteiger partial charge in [0.15, 0.2) is 11.2 Å². The van der Waals surface area contributed by atoms with E-state index in [1.165, 1.54) is 17.7 Å². The topological polar surface area (TPSA) is 82.0 Å². The SMILES string of the molecule is Cn1c(=O)n(CCCO)c(=O)c2c1nc(Cc1cccc(C(F)(F)F)c1)n2CC1C=CC(Cl)=CC1. The fraction of sp³-hybridized carbons (Fsp3) is 0.375. The molecule has 1 aliphatic rings. The summed E-state index contributed by atoms with van der Waals surface area (Å²) in [5.41, 5.74) is -1.15. The molecule has 35 heavy (non-hydrogen) atoms. The Kier molecular flexibility index (Phi) is 7.05. The second-order valence-corrected chi connectivity index (χ2v) is 8.94. The number of aliphatic hydroxyl groups excluding tert-OH is 1. The van der Waals surface area contributed by atoms with Gasteiger partial charge in [-0.25, -0.2) is 9.78 Å². The van der Waals surface area contributed by atoms with Gasteiger partial charge in [0.25, 0.3) is 5.56 Å². The molecule has 0 aliphatic heterocycles. The summed E-state index contributed by atoms with van der Waals surface area (Å²) < 4.78 is 43.7. The quantitative estimate of drug-likeness (QED) is 0.529. The smallest absolute Gasteiger partial charge is 0.396 e. The minimum absolute atomic E-state index is 0.0299. The Labute approximate surface area is 203 Å². The Balaban J connectivity index is 1.87. The molecule has 2 aromatic heterocycles. The predicted molar refractivity (Wildman–Crippen MR) is 126 cm³/mol. The van der Waals surface area contributed by atoms with E-state index >= 15 is 0 Å². The molecule has 7 nitrogen and oxygen atoms in total. The number of allylic oxidation sites excluding steroid dienone is 4. The van der Waals surface area contributed by atoms with E-state index in [-0.39, 0.29) is 43.1 Å². The van der Waals surface area contributed by atoms with Gasteiger partial charge in [0.05, 0.1) is 5.56 Å². The van der Waals surface area contributed by atoms with E-state index in [2.05, 4.69) is 4.98 Å². The number of rotatable bonds is 7. The molecular weight excluding hydrogens is 485 g/mol. The van der Waals surface area contributed by atoms with Crippen LogP contribution in [0, 0.1) is 5.92 Å². The number of fused-ring (bicyclic) bond motifs is 1. The number of imidazole rings is 1. The van der Waals surface area contributed by atoms with Gasteiger partial charge >= 0.3 is 11.9 Å². The van der Waals surface area contributed by atoms with Crippen molar-refractivity contribution in [3.8, 4) is 0 Å². The van der Waals surface area contributed by atoms with Gasteiger partial charge in [-0.2, -0.15) is 13.2 Å². The van der Waals surface area contributed by atoms with E-state index in [4.69, 9.17) is 11.6 Å². The number of aryl methyl sites for hydroxylation is 1. The molecule has 3 aromatic rings. The Morgan fingerprint density at radius 2 is 2.00 bits per heavy atom. The highest BCUT2D eigenvalue weighted by Gasteiger charge is 2.30. The van der Waals surface area contributed by atoms with Gasteiger partial charge in [-0.15, -0.1) is 0 Å². The minimum atomic E-state index is -4.49. The average Bonchev–Trinajstić information content (AvgIpc) is 3.16. The molecular formula is C24H24ClF3N4O3. The molecule has 0 saturated carbocycles. The van der Waals surface area contributed by atoms with Gasteiger partial charge in [-0.05, 0) is 36.5 Å². The minimum Gasteiger partial charge on any atom is -0.396 e. The first kappa shape index (κ1) is 25.0. The second-order valence-electron chi connectivity index (χ2n) is 8.51. The molecule has 0 amide bonds. The number of aliphatic hydroxyl groups is 1. The first-order valence-electron chi connectivity index (χ1n) is 11.1. The highest BCUT2D eigenvalue weighted by atomic mass is 35.5. The fourth-order valence-electron chi connectivity index (χ4n) is 4.22. The molecule has 0 fully saturated rings. The summed E-state index contributed by atoms with van der Waals surface area (Å²) in [5.74, 6) is 0.345. The standard InChI is InChI=1S/C24H24ClF3N4O3/c1-30-21-20(22(34)31(23(30)35)10-3-11-33)32(14-15-6-8-18(25)9-7-15)19(29-21)13-16-4-2-5-17(12-16)24(26,27)28/h2,4-6,8-9,12,15,33H,3,7,10-11,13-14H2,1H3. The molecule has 4 rings (SSSR count). The summed E-state index contributed by atoms with van der Waals surface area (Å²) in [6.07, 6.45) is 1.91. The lowest BCUT2D eigenvalue weighted by Crippen LogP contribution is -2.40. The molecule has 0 saturated heterocycles. The van der Waals surface area contributed by atoms with Crippen molar-refractivity contribution in [2.45, 2.75) is 38.5 Å². The van der Waals surface area contributed by atoms with Gasteiger partial charge < -0.3 is 9.67 Å². The maximum atomic E-state index is 13.4. The van der Waals surface area contributed by atoms with Gasteiger partial charge in [0, 0.05) is 38.2 Å². The number of hydrogen-bond acceptors (Lipinski definition) is 4. The van der Waals surface area contributed by atoms with Crippen molar-refractivity contribution in [1.82, 2.24) is 18.7 Å². The van der Waals surface area contributed by atoms with Gasteiger partial charge in [-0.3, -0.25) is 13.9 Å². The summed E-state index contributed by atoms with van der Waals surface area (Å²) >= 11 is 6.03. The number of benzene rings is 1. The third-order valence-corrected chi connectivity index (χ3v) is 6.31. The van der Waals surface area contributed by atoms with Crippen LogP contribution in [0.1, 0.15) is 29.8 Å². The zero-order valence-corrected chi connectivity index (χ0v) is 19.7. The van der Waals surface area contributed by atoms with E-state index in [0.717, 1.165) is 16.7 Å². The van der Waals surface area contributed by atoms with E-state index < -0.39 is 23.0 Å². The third kappa shape index (κ3) is 5.13. The van der Waals surface area contributed by atoms with Gasteiger partial charge in [0.1, 0.15) is 5.82 Å². The van der Waals surface area contributed by atoms with Crippen LogP contribution in [0.2, 0.25) is 0 Å². The number of aromatic nitrogens is 4. The van der Waals surface area contributed by atoms with Crippen LogP contribution in [-0.2, 0) is 32.7 Å². The van der Waals surface area contributed by atoms with Gasteiger partial charge in [0.2, 0.25) is 0 Å². The number of nitrogens with zero attached hydrogens (tertiary/aromatic N) is 4. The second kappa shape index (κ2) is 9.87. The lowest BCUT2D eigenvalue weighted by molar-refractivity contribution is -0.137. The normalized spacial score (nSPS) is 16.2. The van der Waals surface area contributed by atoms with Crippen LogP contribution in [0.3, 0.4) is 0 Å². The highest BCUT2D eigenvalue weighted by Crippen LogP contribution is 2.30. The number of halogens is 4. The van der Waals surface area contributed by atoms with Crippen molar-refractivity contribution in [2.24, 2.45) is 13.0 Å².